The van der Waals surface area contributed by atoms with Crippen LogP contribution in [0.1, 0.15) is 22.8 Å². The normalized spacial score (nSPS) is 10.9. The highest BCUT2D eigenvalue weighted by Gasteiger charge is 2.15. The molecule has 0 radical (unpaired) electrons. The van der Waals surface area contributed by atoms with Crippen LogP contribution in [-0.2, 0) is 12.8 Å². The molecule has 3 rings (SSSR count). The van der Waals surface area contributed by atoms with Crippen LogP contribution in [0, 0.1) is 17.5 Å². The number of nitrogens with two attached hydrogens (primary N) is 1. The Balaban J connectivity index is 1.75. The molecule has 0 fully saturated rings. The van der Waals surface area contributed by atoms with Gasteiger partial charge in [-0.25, -0.2) is 18.2 Å². The fourth-order valence-corrected chi connectivity index (χ4v) is 2.19. The largest absolute Gasteiger partial charge is 0.399 e. The van der Waals surface area contributed by atoms with Crippen LogP contribution in [0.15, 0.2) is 36.4 Å². The average Bonchev–Trinajstić information content (AvgIpc) is 2.97. The van der Waals surface area contributed by atoms with Crippen molar-refractivity contribution in [2.75, 3.05) is 5.73 Å². The maximum absolute atomic E-state index is 13.6. The van der Waals surface area contributed by atoms with Crippen molar-refractivity contribution >= 4 is 5.69 Å². The van der Waals surface area contributed by atoms with Crippen LogP contribution in [0.4, 0.5) is 18.9 Å². The van der Waals surface area contributed by atoms with Crippen LogP contribution in [-0.4, -0.2) is 15.2 Å². The monoisotopic (exact) mass is 318 g/mol. The minimum atomic E-state index is -1.49. The van der Waals surface area contributed by atoms with Gasteiger partial charge in [0.25, 0.3) is 0 Å². The molecule has 3 aromatic rings. The van der Waals surface area contributed by atoms with Gasteiger partial charge in [0.05, 0.1) is 0 Å². The van der Waals surface area contributed by atoms with Gasteiger partial charge in [-0.2, -0.15) is 5.10 Å². The van der Waals surface area contributed by atoms with Crippen LogP contribution in [0.5, 0.6) is 0 Å². The number of hydrogen-bond donors (Lipinski definition) is 2. The van der Waals surface area contributed by atoms with Crippen LogP contribution < -0.4 is 5.73 Å². The number of nitrogens with zero attached hydrogens (tertiary/aromatic N) is 2. The summed E-state index contributed by atoms with van der Waals surface area (Å²) in [4.78, 5) is 4.24. The molecule has 0 saturated carbocycles. The Bertz CT molecular complexity index is 828. The molecule has 0 aliphatic heterocycles. The third kappa shape index (κ3) is 3.33. The van der Waals surface area contributed by atoms with Crippen LogP contribution in [0.2, 0.25) is 0 Å². The van der Waals surface area contributed by atoms with Crippen molar-refractivity contribution in [3.05, 3.63) is 76.6 Å². The maximum atomic E-state index is 13.6. The quantitative estimate of drug-likeness (QED) is 0.574. The topological polar surface area (TPSA) is 67.6 Å². The summed E-state index contributed by atoms with van der Waals surface area (Å²) in [6, 6.07) is 9.37. The molecule has 0 amide bonds. The number of halogens is 3. The zero-order valence-corrected chi connectivity index (χ0v) is 12.0. The minimum absolute atomic E-state index is 0.00179. The van der Waals surface area contributed by atoms with E-state index in [0.29, 0.717) is 23.8 Å². The fourth-order valence-electron chi connectivity index (χ4n) is 2.19. The molecular formula is C16H13F3N4. The Hall–Kier alpha value is -2.83. The minimum Gasteiger partial charge on any atom is -0.399 e. The van der Waals surface area contributed by atoms with Crippen molar-refractivity contribution in [1.29, 1.82) is 0 Å². The average molecular weight is 318 g/mol. The van der Waals surface area contributed by atoms with E-state index < -0.39 is 17.5 Å². The predicted molar refractivity (Wildman–Crippen MR) is 79.2 cm³/mol. The van der Waals surface area contributed by atoms with Gasteiger partial charge < -0.3 is 5.73 Å². The van der Waals surface area contributed by atoms with Crippen molar-refractivity contribution < 1.29 is 13.2 Å². The predicted octanol–water partition coefficient (Wildman–Crippen LogP) is 2.99. The first kappa shape index (κ1) is 15.1. The molecule has 0 aliphatic rings. The number of benzene rings is 2. The summed E-state index contributed by atoms with van der Waals surface area (Å²) in [7, 11) is 0. The van der Waals surface area contributed by atoms with E-state index in [9.17, 15) is 13.2 Å². The van der Waals surface area contributed by atoms with E-state index in [1.165, 1.54) is 6.07 Å². The first-order valence-corrected chi connectivity index (χ1v) is 6.90. The Morgan fingerprint density at radius 3 is 2.39 bits per heavy atom. The highest BCUT2D eigenvalue weighted by atomic mass is 19.2. The second-order valence-electron chi connectivity index (χ2n) is 5.13. The van der Waals surface area contributed by atoms with Crippen LogP contribution in [0.3, 0.4) is 0 Å². The second-order valence-corrected chi connectivity index (χ2v) is 5.13. The lowest BCUT2D eigenvalue weighted by Gasteiger charge is -2.02. The SMILES string of the molecule is Nc1ccc(Cc2nc(Cc3ccc(F)c(F)c3F)n[nH]2)cc1. The van der Waals surface area contributed by atoms with E-state index >= 15 is 0 Å². The van der Waals surface area contributed by atoms with Gasteiger partial charge in [-0.15, -0.1) is 0 Å². The van der Waals surface area contributed by atoms with Gasteiger partial charge in [0.2, 0.25) is 0 Å². The molecule has 2 aromatic carbocycles. The Morgan fingerprint density at radius 1 is 0.913 bits per heavy atom. The molecule has 1 aromatic heterocycles. The third-order valence-corrected chi connectivity index (χ3v) is 3.39. The van der Waals surface area contributed by atoms with E-state index in [2.05, 4.69) is 15.2 Å². The van der Waals surface area contributed by atoms with E-state index in [1.807, 2.05) is 12.1 Å². The van der Waals surface area contributed by atoms with E-state index in [0.717, 1.165) is 11.6 Å². The molecule has 7 heteroatoms. The summed E-state index contributed by atoms with van der Waals surface area (Å²) in [5.41, 5.74) is 7.27. The number of aromatic nitrogens is 3. The molecule has 0 atom stereocenters. The Kier molecular flexibility index (Phi) is 4.01. The molecule has 0 spiro atoms. The summed E-state index contributed by atoms with van der Waals surface area (Å²) in [5, 5.41) is 6.73. The lowest BCUT2D eigenvalue weighted by molar-refractivity contribution is 0.441. The fraction of sp³-hybridized carbons (Fsp3) is 0.125. The number of nitrogens with one attached hydrogen (secondary N) is 1. The second kappa shape index (κ2) is 6.12. The molecule has 4 nitrogen and oxygen atoms in total. The molecule has 0 unspecified atom stereocenters. The van der Waals surface area contributed by atoms with Crippen molar-refractivity contribution in [3.63, 3.8) is 0 Å². The van der Waals surface area contributed by atoms with Gasteiger partial charge in [-0.3, -0.25) is 5.10 Å². The van der Waals surface area contributed by atoms with Gasteiger partial charge in [0.15, 0.2) is 23.3 Å². The van der Waals surface area contributed by atoms with Crippen LogP contribution in [0.25, 0.3) is 0 Å². The molecule has 3 N–H and O–H groups in total. The number of anilines is 1. The molecule has 0 saturated heterocycles. The van der Waals surface area contributed by atoms with Crippen molar-refractivity contribution in [1.82, 2.24) is 15.2 Å². The van der Waals surface area contributed by atoms with E-state index in [1.54, 1.807) is 12.1 Å². The zero-order valence-electron chi connectivity index (χ0n) is 12.0. The highest BCUT2D eigenvalue weighted by molar-refractivity contribution is 5.39. The van der Waals surface area contributed by atoms with Crippen molar-refractivity contribution in [3.8, 4) is 0 Å². The highest BCUT2D eigenvalue weighted by Crippen LogP contribution is 2.17. The van der Waals surface area contributed by atoms with E-state index in [-0.39, 0.29) is 12.0 Å². The molecule has 23 heavy (non-hydrogen) atoms. The molecule has 0 bridgehead atoms. The summed E-state index contributed by atoms with van der Waals surface area (Å²) < 4.78 is 39.8. The molecule has 1 heterocycles. The van der Waals surface area contributed by atoms with Gasteiger partial charge in [0.1, 0.15) is 5.82 Å². The zero-order chi connectivity index (χ0) is 16.4. The molecular weight excluding hydrogens is 305 g/mol. The number of rotatable bonds is 4. The summed E-state index contributed by atoms with van der Waals surface area (Å²) >= 11 is 0. The molecule has 0 aliphatic carbocycles. The van der Waals surface area contributed by atoms with Crippen molar-refractivity contribution in [2.45, 2.75) is 12.8 Å². The maximum Gasteiger partial charge on any atom is 0.194 e. The number of aromatic amines is 1. The summed E-state index contributed by atoms with van der Waals surface area (Å²) in [6.45, 7) is 0. The number of hydrogen-bond acceptors (Lipinski definition) is 3. The third-order valence-electron chi connectivity index (χ3n) is 3.39. The van der Waals surface area contributed by atoms with Crippen LogP contribution >= 0.6 is 0 Å². The summed E-state index contributed by atoms with van der Waals surface area (Å²) in [6.07, 6.45) is 0.481. The van der Waals surface area contributed by atoms with Crippen molar-refractivity contribution in [2.24, 2.45) is 0 Å². The Morgan fingerprint density at radius 2 is 1.65 bits per heavy atom. The molecule has 118 valence electrons. The van der Waals surface area contributed by atoms with Gasteiger partial charge >= 0.3 is 0 Å². The number of nitrogen functional groups attached to an aromatic ring is 1. The first-order chi connectivity index (χ1) is 11.0. The first-order valence-electron chi connectivity index (χ1n) is 6.90. The lowest BCUT2D eigenvalue weighted by Crippen LogP contribution is -2.00. The van der Waals surface area contributed by atoms with Gasteiger partial charge in [0, 0.05) is 18.5 Å². The smallest absolute Gasteiger partial charge is 0.194 e. The number of H-pyrrole nitrogens is 1. The summed E-state index contributed by atoms with van der Waals surface area (Å²) in [5.74, 6) is -3.02. The van der Waals surface area contributed by atoms with E-state index in [4.69, 9.17) is 5.73 Å². The van der Waals surface area contributed by atoms with Gasteiger partial charge in [-0.1, -0.05) is 18.2 Å². The Labute approximate surface area is 130 Å². The standard InChI is InChI=1S/C16H13F3N4/c17-12-6-3-10(15(18)16(12)19)8-14-21-13(22-23-14)7-9-1-4-11(20)5-2-9/h1-6H,7-8,20H2,(H,21,22,23). The van der Waals surface area contributed by atoms with Gasteiger partial charge in [-0.05, 0) is 29.3 Å². The lowest BCUT2D eigenvalue weighted by atomic mass is 10.1.